The van der Waals surface area contributed by atoms with Gasteiger partial charge < -0.3 is 10.3 Å². The topological polar surface area (TPSA) is 62.0 Å². The van der Waals surface area contributed by atoms with Crippen molar-refractivity contribution in [2.75, 3.05) is 0 Å². The number of benzene rings is 2. The fraction of sp³-hybridized carbons (Fsp3) is 0.158. The Bertz CT molecular complexity index is 1010. The normalized spacial score (nSPS) is 10.8. The Hall–Kier alpha value is -3.02. The lowest BCUT2D eigenvalue weighted by Gasteiger charge is -2.10. The van der Waals surface area contributed by atoms with E-state index in [0.717, 1.165) is 23.1 Å². The molecule has 128 valence electrons. The lowest BCUT2D eigenvalue weighted by atomic mass is 10.0. The predicted octanol–water partition coefficient (Wildman–Crippen LogP) is 2.97. The molecule has 0 saturated heterocycles. The first-order valence-corrected chi connectivity index (χ1v) is 7.77. The van der Waals surface area contributed by atoms with E-state index in [2.05, 4.69) is 10.3 Å². The Morgan fingerprint density at radius 3 is 2.68 bits per heavy atom. The highest BCUT2D eigenvalue weighted by molar-refractivity contribution is 5.85. The van der Waals surface area contributed by atoms with Gasteiger partial charge in [-0.15, -0.1) is 0 Å². The molecule has 1 amide bonds. The summed E-state index contributed by atoms with van der Waals surface area (Å²) in [5.41, 5.74) is 1.68. The molecule has 0 spiro atoms. The number of amides is 1. The largest absolute Gasteiger partial charge is 0.352 e. The number of carbonyl (C=O) groups is 1. The molecule has 3 aromatic rings. The standard InChI is InChI=1S/C19H16F2N2O2/c1-11-14-4-2-3-5-17(14)23-19(25)15(11)9-18(24)22-10-12-6-7-13(20)8-16(12)21/h2-8H,9-10H2,1H3,(H,22,24)(H,23,25). The maximum absolute atomic E-state index is 13.6. The van der Waals surface area contributed by atoms with Crippen LogP contribution in [0.3, 0.4) is 0 Å². The molecule has 0 aliphatic rings. The van der Waals surface area contributed by atoms with E-state index in [9.17, 15) is 18.4 Å². The van der Waals surface area contributed by atoms with E-state index >= 15 is 0 Å². The second-order valence-corrected chi connectivity index (χ2v) is 5.79. The van der Waals surface area contributed by atoms with E-state index in [0.29, 0.717) is 11.1 Å². The molecule has 2 aromatic carbocycles. The van der Waals surface area contributed by atoms with Gasteiger partial charge >= 0.3 is 0 Å². The molecule has 6 heteroatoms. The first-order chi connectivity index (χ1) is 12.0. The minimum atomic E-state index is -0.722. The molecule has 0 saturated carbocycles. The second kappa shape index (κ2) is 6.84. The fourth-order valence-corrected chi connectivity index (χ4v) is 2.74. The number of aryl methyl sites for hydroxylation is 1. The minimum Gasteiger partial charge on any atom is -0.352 e. The molecular formula is C19H16F2N2O2. The van der Waals surface area contributed by atoms with Crippen molar-refractivity contribution in [2.45, 2.75) is 19.9 Å². The van der Waals surface area contributed by atoms with Crippen LogP contribution in [0, 0.1) is 18.6 Å². The van der Waals surface area contributed by atoms with Crippen LogP contribution in [0.5, 0.6) is 0 Å². The lowest BCUT2D eigenvalue weighted by molar-refractivity contribution is -0.120. The van der Waals surface area contributed by atoms with Crippen LogP contribution in [-0.2, 0) is 17.8 Å². The summed E-state index contributed by atoms with van der Waals surface area (Å²) in [4.78, 5) is 27.1. The molecule has 0 unspecified atom stereocenters. The summed E-state index contributed by atoms with van der Waals surface area (Å²) in [6.07, 6.45) is -0.116. The zero-order valence-corrected chi connectivity index (χ0v) is 13.5. The van der Waals surface area contributed by atoms with Gasteiger partial charge in [0.1, 0.15) is 11.6 Å². The summed E-state index contributed by atoms with van der Waals surface area (Å²) in [6, 6.07) is 10.5. The van der Waals surface area contributed by atoms with Crippen molar-refractivity contribution in [3.05, 3.63) is 81.1 Å². The van der Waals surface area contributed by atoms with Crippen LogP contribution >= 0.6 is 0 Å². The molecule has 0 aliphatic heterocycles. The third kappa shape index (κ3) is 3.57. The highest BCUT2D eigenvalue weighted by Gasteiger charge is 2.13. The molecule has 0 bridgehead atoms. The quantitative estimate of drug-likeness (QED) is 0.766. The highest BCUT2D eigenvalue weighted by atomic mass is 19.1. The Morgan fingerprint density at radius 2 is 1.92 bits per heavy atom. The van der Waals surface area contributed by atoms with Crippen LogP contribution in [0.4, 0.5) is 8.78 Å². The molecule has 1 heterocycles. The molecule has 25 heavy (non-hydrogen) atoms. The van der Waals surface area contributed by atoms with Gasteiger partial charge in [-0.2, -0.15) is 0 Å². The number of aromatic amines is 1. The second-order valence-electron chi connectivity index (χ2n) is 5.79. The Morgan fingerprint density at radius 1 is 1.16 bits per heavy atom. The van der Waals surface area contributed by atoms with Crippen LogP contribution in [0.15, 0.2) is 47.3 Å². The fourth-order valence-electron chi connectivity index (χ4n) is 2.74. The number of hydrogen-bond acceptors (Lipinski definition) is 2. The molecule has 2 N–H and O–H groups in total. The van der Waals surface area contributed by atoms with Crippen molar-refractivity contribution in [1.29, 1.82) is 0 Å². The lowest BCUT2D eigenvalue weighted by Crippen LogP contribution is -2.28. The Balaban J connectivity index is 1.77. The first kappa shape index (κ1) is 16.8. The van der Waals surface area contributed by atoms with Crippen molar-refractivity contribution in [2.24, 2.45) is 0 Å². The van der Waals surface area contributed by atoms with Gasteiger partial charge in [-0.3, -0.25) is 9.59 Å². The first-order valence-electron chi connectivity index (χ1n) is 7.77. The molecule has 0 atom stereocenters. The van der Waals surface area contributed by atoms with Gasteiger partial charge in [-0.25, -0.2) is 8.78 Å². The Labute approximate surface area is 142 Å². The third-order valence-corrected chi connectivity index (χ3v) is 4.13. The van der Waals surface area contributed by atoms with Crippen molar-refractivity contribution in [3.8, 4) is 0 Å². The number of carbonyl (C=O) groups excluding carboxylic acids is 1. The van der Waals surface area contributed by atoms with Gasteiger partial charge in [0.25, 0.3) is 5.56 Å². The zero-order chi connectivity index (χ0) is 18.0. The van der Waals surface area contributed by atoms with E-state index in [1.54, 1.807) is 13.0 Å². The average Bonchev–Trinajstić information content (AvgIpc) is 2.58. The van der Waals surface area contributed by atoms with Gasteiger partial charge in [0.15, 0.2) is 0 Å². The number of para-hydroxylation sites is 1. The molecule has 0 radical (unpaired) electrons. The van der Waals surface area contributed by atoms with Crippen LogP contribution in [0.25, 0.3) is 10.9 Å². The van der Waals surface area contributed by atoms with E-state index in [1.807, 2.05) is 18.2 Å². The van der Waals surface area contributed by atoms with Crippen LogP contribution in [0.2, 0.25) is 0 Å². The summed E-state index contributed by atoms with van der Waals surface area (Å²) < 4.78 is 26.5. The summed E-state index contributed by atoms with van der Waals surface area (Å²) in [6.45, 7) is 1.72. The van der Waals surface area contributed by atoms with Crippen molar-refractivity contribution >= 4 is 16.8 Å². The van der Waals surface area contributed by atoms with Gasteiger partial charge in [-0.05, 0) is 24.6 Å². The van der Waals surface area contributed by atoms with Crippen molar-refractivity contribution in [1.82, 2.24) is 10.3 Å². The molecule has 4 nitrogen and oxygen atoms in total. The van der Waals surface area contributed by atoms with Crippen molar-refractivity contribution < 1.29 is 13.6 Å². The molecule has 3 rings (SSSR count). The maximum Gasteiger partial charge on any atom is 0.252 e. The number of pyridine rings is 1. The number of fused-ring (bicyclic) bond motifs is 1. The summed E-state index contributed by atoms with van der Waals surface area (Å²) in [5.74, 6) is -1.81. The number of nitrogens with one attached hydrogen (secondary N) is 2. The number of halogens is 2. The maximum atomic E-state index is 13.6. The average molecular weight is 342 g/mol. The summed E-state index contributed by atoms with van der Waals surface area (Å²) >= 11 is 0. The van der Waals surface area contributed by atoms with E-state index in [1.165, 1.54) is 6.07 Å². The van der Waals surface area contributed by atoms with Gasteiger partial charge in [0, 0.05) is 34.6 Å². The number of H-pyrrole nitrogens is 1. The molecule has 0 fully saturated rings. The van der Waals surface area contributed by atoms with Crippen LogP contribution in [-0.4, -0.2) is 10.9 Å². The van der Waals surface area contributed by atoms with E-state index in [4.69, 9.17) is 0 Å². The van der Waals surface area contributed by atoms with Gasteiger partial charge in [0.05, 0.1) is 6.42 Å². The highest BCUT2D eigenvalue weighted by Crippen LogP contribution is 2.17. The van der Waals surface area contributed by atoms with Crippen LogP contribution < -0.4 is 10.9 Å². The van der Waals surface area contributed by atoms with Gasteiger partial charge in [-0.1, -0.05) is 24.3 Å². The summed E-state index contributed by atoms with van der Waals surface area (Å²) in [7, 11) is 0. The smallest absolute Gasteiger partial charge is 0.252 e. The Kier molecular flexibility index (Phi) is 4.61. The molecule has 0 aliphatic carbocycles. The van der Waals surface area contributed by atoms with Crippen LogP contribution in [0.1, 0.15) is 16.7 Å². The van der Waals surface area contributed by atoms with E-state index < -0.39 is 17.5 Å². The molecular weight excluding hydrogens is 326 g/mol. The number of rotatable bonds is 4. The number of hydrogen-bond donors (Lipinski definition) is 2. The van der Waals surface area contributed by atoms with Gasteiger partial charge in [0.2, 0.25) is 5.91 Å². The van der Waals surface area contributed by atoms with E-state index in [-0.39, 0.29) is 24.1 Å². The number of aromatic nitrogens is 1. The monoisotopic (exact) mass is 342 g/mol. The minimum absolute atomic E-state index is 0.0739. The van der Waals surface area contributed by atoms with Crippen molar-refractivity contribution in [3.63, 3.8) is 0 Å². The molecule has 1 aromatic heterocycles. The zero-order valence-electron chi connectivity index (χ0n) is 13.5. The predicted molar refractivity (Wildman–Crippen MR) is 91.2 cm³/mol. The third-order valence-electron chi connectivity index (χ3n) is 4.13. The SMILES string of the molecule is Cc1c(CC(=O)NCc2ccc(F)cc2F)c(=O)[nH]c2ccccc12. The summed E-state index contributed by atoms with van der Waals surface area (Å²) in [5, 5.41) is 3.43.